The molecular formula is C11H17ClN2S. The second-order valence-electron chi connectivity index (χ2n) is 3.44. The van der Waals surface area contributed by atoms with Crippen molar-refractivity contribution in [2.75, 3.05) is 12.0 Å². The van der Waals surface area contributed by atoms with E-state index in [0.717, 1.165) is 29.2 Å². The smallest absolute Gasteiger partial charge is 0.0438 e. The molecule has 1 atom stereocenters. The van der Waals surface area contributed by atoms with Gasteiger partial charge in [0.2, 0.25) is 0 Å². The first-order valence-electron chi connectivity index (χ1n) is 4.96. The fourth-order valence-corrected chi connectivity index (χ4v) is 2.17. The van der Waals surface area contributed by atoms with E-state index >= 15 is 0 Å². The molecule has 0 aromatic heterocycles. The van der Waals surface area contributed by atoms with Crippen LogP contribution in [0, 0.1) is 0 Å². The van der Waals surface area contributed by atoms with E-state index in [2.05, 4.69) is 11.7 Å². The van der Waals surface area contributed by atoms with Crippen molar-refractivity contribution in [2.45, 2.75) is 18.9 Å². The molecule has 0 radical (unpaired) electrons. The molecule has 0 amide bonds. The number of thioether (sulfide) groups is 1. The van der Waals surface area contributed by atoms with Gasteiger partial charge in [0.25, 0.3) is 0 Å². The van der Waals surface area contributed by atoms with Gasteiger partial charge in [-0.25, -0.2) is 0 Å². The van der Waals surface area contributed by atoms with E-state index in [-0.39, 0.29) is 0 Å². The van der Waals surface area contributed by atoms with Crippen molar-refractivity contribution in [1.29, 1.82) is 0 Å². The van der Waals surface area contributed by atoms with Gasteiger partial charge in [0, 0.05) is 11.1 Å². The summed E-state index contributed by atoms with van der Waals surface area (Å²) in [7, 11) is 0. The van der Waals surface area contributed by atoms with Gasteiger partial charge in [0.1, 0.15) is 0 Å². The Morgan fingerprint density at radius 3 is 2.80 bits per heavy atom. The van der Waals surface area contributed by atoms with Crippen LogP contribution in [-0.2, 0) is 6.42 Å². The van der Waals surface area contributed by atoms with E-state index in [4.69, 9.17) is 17.4 Å². The molecule has 0 aliphatic heterocycles. The third kappa shape index (κ3) is 4.43. The predicted octanol–water partition coefficient (Wildman–Crippen LogP) is 2.47. The summed E-state index contributed by atoms with van der Waals surface area (Å²) in [6, 6.07) is 8.21. The zero-order chi connectivity index (χ0) is 11.1. The number of nitrogens with two attached hydrogens (primary N) is 1. The number of hydrogen-bond acceptors (Lipinski definition) is 3. The third-order valence-electron chi connectivity index (χ3n) is 2.33. The number of rotatable bonds is 6. The van der Waals surface area contributed by atoms with Crippen LogP contribution in [0.25, 0.3) is 0 Å². The van der Waals surface area contributed by atoms with Crippen LogP contribution in [0.1, 0.15) is 12.0 Å². The van der Waals surface area contributed by atoms with Crippen LogP contribution in [-0.4, -0.2) is 18.1 Å². The van der Waals surface area contributed by atoms with Gasteiger partial charge in [-0.15, -0.1) is 0 Å². The molecule has 4 heteroatoms. The third-order valence-corrected chi connectivity index (χ3v) is 3.34. The van der Waals surface area contributed by atoms with E-state index in [1.807, 2.05) is 36.0 Å². The highest BCUT2D eigenvalue weighted by molar-refractivity contribution is 7.98. The number of hydrazine groups is 1. The molecule has 0 fully saturated rings. The summed E-state index contributed by atoms with van der Waals surface area (Å²) in [6.45, 7) is 0. The van der Waals surface area contributed by atoms with Crippen molar-refractivity contribution in [3.05, 3.63) is 34.9 Å². The van der Waals surface area contributed by atoms with Crippen LogP contribution in [0.3, 0.4) is 0 Å². The van der Waals surface area contributed by atoms with Crippen LogP contribution in [0.4, 0.5) is 0 Å². The molecule has 2 nitrogen and oxygen atoms in total. The maximum Gasteiger partial charge on any atom is 0.0438 e. The maximum atomic E-state index is 6.09. The number of nitrogens with one attached hydrogen (secondary N) is 1. The molecule has 0 saturated heterocycles. The van der Waals surface area contributed by atoms with Gasteiger partial charge in [-0.05, 0) is 36.5 Å². The van der Waals surface area contributed by atoms with Crippen LogP contribution in [0.5, 0.6) is 0 Å². The Labute approximate surface area is 101 Å². The Bertz CT molecular complexity index is 294. The molecule has 3 N–H and O–H groups in total. The van der Waals surface area contributed by atoms with Crippen LogP contribution in [0.2, 0.25) is 5.02 Å². The van der Waals surface area contributed by atoms with Gasteiger partial charge in [-0.3, -0.25) is 11.3 Å². The van der Waals surface area contributed by atoms with Crippen molar-refractivity contribution < 1.29 is 0 Å². The Kier molecular flexibility index (Phi) is 6.10. The number of benzene rings is 1. The van der Waals surface area contributed by atoms with E-state index in [9.17, 15) is 0 Å². The van der Waals surface area contributed by atoms with Crippen molar-refractivity contribution >= 4 is 23.4 Å². The lowest BCUT2D eigenvalue weighted by molar-refractivity contribution is 0.514. The van der Waals surface area contributed by atoms with Gasteiger partial charge < -0.3 is 0 Å². The summed E-state index contributed by atoms with van der Waals surface area (Å²) < 4.78 is 0. The number of halogens is 1. The summed E-state index contributed by atoms with van der Waals surface area (Å²) in [5.74, 6) is 6.62. The maximum absolute atomic E-state index is 6.09. The lowest BCUT2D eigenvalue weighted by Crippen LogP contribution is -2.37. The monoisotopic (exact) mass is 244 g/mol. The van der Waals surface area contributed by atoms with E-state index in [0.29, 0.717) is 6.04 Å². The van der Waals surface area contributed by atoms with Crippen molar-refractivity contribution in [2.24, 2.45) is 5.84 Å². The molecule has 0 bridgehead atoms. The highest BCUT2D eigenvalue weighted by Crippen LogP contribution is 2.17. The predicted molar refractivity (Wildman–Crippen MR) is 69.3 cm³/mol. The first-order valence-corrected chi connectivity index (χ1v) is 6.73. The molecule has 15 heavy (non-hydrogen) atoms. The van der Waals surface area contributed by atoms with Gasteiger partial charge >= 0.3 is 0 Å². The summed E-state index contributed by atoms with van der Waals surface area (Å²) in [4.78, 5) is 0. The lowest BCUT2D eigenvalue weighted by Gasteiger charge is -2.15. The molecule has 1 unspecified atom stereocenters. The first-order chi connectivity index (χ1) is 7.27. The highest BCUT2D eigenvalue weighted by atomic mass is 35.5. The molecule has 0 heterocycles. The minimum Gasteiger partial charge on any atom is -0.271 e. The zero-order valence-corrected chi connectivity index (χ0v) is 10.4. The second-order valence-corrected chi connectivity index (χ2v) is 4.83. The van der Waals surface area contributed by atoms with Crippen LogP contribution in [0.15, 0.2) is 24.3 Å². The Morgan fingerprint density at radius 1 is 1.47 bits per heavy atom. The van der Waals surface area contributed by atoms with Gasteiger partial charge in [0.05, 0.1) is 0 Å². The van der Waals surface area contributed by atoms with E-state index in [1.165, 1.54) is 0 Å². The van der Waals surface area contributed by atoms with Gasteiger partial charge in [-0.1, -0.05) is 29.8 Å². The zero-order valence-electron chi connectivity index (χ0n) is 8.87. The summed E-state index contributed by atoms with van der Waals surface area (Å²) in [5.41, 5.74) is 4.00. The molecule has 0 aliphatic carbocycles. The fraction of sp³-hybridized carbons (Fsp3) is 0.455. The quantitative estimate of drug-likeness (QED) is 0.597. The molecule has 0 aliphatic rings. The molecule has 1 rings (SSSR count). The van der Waals surface area contributed by atoms with E-state index in [1.54, 1.807) is 0 Å². The average molecular weight is 245 g/mol. The molecule has 1 aromatic rings. The summed E-state index contributed by atoms with van der Waals surface area (Å²) >= 11 is 7.92. The summed E-state index contributed by atoms with van der Waals surface area (Å²) in [6.07, 6.45) is 4.04. The van der Waals surface area contributed by atoms with Crippen molar-refractivity contribution in [3.8, 4) is 0 Å². The number of hydrogen-bond donors (Lipinski definition) is 2. The van der Waals surface area contributed by atoms with E-state index < -0.39 is 0 Å². The standard InChI is InChI=1S/C11H17ClN2S/c1-15-7-6-10(14-13)8-9-4-2-3-5-11(9)12/h2-5,10,14H,6-8,13H2,1H3. The lowest BCUT2D eigenvalue weighted by atomic mass is 10.0. The van der Waals surface area contributed by atoms with Crippen molar-refractivity contribution in [3.63, 3.8) is 0 Å². The van der Waals surface area contributed by atoms with Crippen molar-refractivity contribution in [1.82, 2.24) is 5.43 Å². The second kappa shape index (κ2) is 7.12. The molecule has 0 saturated carbocycles. The molecular weight excluding hydrogens is 228 g/mol. The Hall–Kier alpha value is -0.220. The Morgan fingerprint density at radius 2 is 2.20 bits per heavy atom. The van der Waals surface area contributed by atoms with Gasteiger partial charge in [0.15, 0.2) is 0 Å². The van der Waals surface area contributed by atoms with Crippen LogP contribution >= 0.6 is 23.4 Å². The van der Waals surface area contributed by atoms with Crippen LogP contribution < -0.4 is 11.3 Å². The fourth-order valence-electron chi connectivity index (χ4n) is 1.43. The largest absolute Gasteiger partial charge is 0.271 e. The first kappa shape index (κ1) is 12.8. The normalized spacial score (nSPS) is 12.7. The minimum absolute atomic E-state index is 0.303. The highest BCUT2D eigenvalue weighted by Gasteiger charge is 2.09. The average Bonchev–Trinajstić information content (AvgIpc) is 2.26. The SMILES string of the molecule is CSCCC(Cc1ccccc1Cl)NN. The van der Waals surface area contributed by atoms with Gasteiger partial charge in [-0.2, -0.15) is 11.8 Å². The Balaban J connectivity index is 2.54. The minimum atomic E-state index is 0.303. The summed E-state index contributed by atoms with van der Waals surface area (Å²) in [5, 5.41) is 0.821. The molecule has 0 spiro atoms. The topological polar surface area (TPSA) is 38.0 Å². The molecule has 84 valence electrons. The molecule has 1 aromatic carbocycles.